The first-order valence-corrected chi connectivity index (χ1v) is 5.99. The molecule has 1 atom stereocenters. The summed E-state index contributed by atoms with van der Waals surface area (Å²) >= 11 is 0. The van der Waals surface area contributed by atoms with E-state index in [4.69, 9.17) is 9.84 Å². The number of alkyl halides is 3. The van der Waals surface area contributed by atoms with Crippen molar-refractivity contribution in [2.75, 3.05) is 13.2 Å². The second-order valence-corrected chi connectivity index (χ2v) is 4.99. The van der Waals surface area contributed by atoms with Gasteiger partial charge in [-0.25, -0.2) is 4.79 Å². The van der Waals surface area contributed by atoms with Crippen LogP contribution in [-0.4, -0.2) is 34.9 Å². The first kappa shape index (κ1) is 14.6. The third-order valence-electron chi connectivity index (χ3n) is 3.14. The van der Waals surface area contributed by atoms with Crippen LogP contribution >= 0.6 is 0 Å². The molecule has 1 aromatic carbocycles. The standard InChI is InChI=1S/C13H14F3NO3/c1-12(8-18)7-17(11(19)20-12)6-9-4-2-3-5-10(9)13(14,15)16/h2-5,18H,6-8H2,1H3. The van der Waals surface area contributed by atoms with Gasteiger partial charge in [0.15, 0.2) is 5.60 Å². The van der Waals surface area contributed by atoms with Crippen molar-refractivity contribution in [3.8, 4) is 0 Å². The molecule has 7 heteroatoms. The Morgan fingerprint density at radius 2 is 2.05 bits per heavy atom. The van der Waals surface area contributed by atoms with Gasteiger partial charge < -0.3 is 9.84 Å². The van der Waals surface area contributed by atoms with Gasteiger partial charge in [0.2, 0.25) is 0 Å². The molecule has 1 aromatic rings. The average Bonchev–Trinajstić information content (AvgIpc) is 2.65. The molecule has 1 saturated heterocycles. The number of cyclic esters (lactones) is 1. The van der Waals surface area contributed by atoms with Crippen LogP contribution in [0.2, 0.25) is 0 Å². The third-order valence-corrected chi connectivity index (χ3v) is 3.14. The van der Waals surface area contributed by atoms with Gasteiger partial charge in [0.05, 0.1) is 18.7 Å². The summed E-state index contributed by atoms with van der Waals surface area (Å²) in [7, 11) is 0. The molecule has 0 bridgehead atoms. The number of ether oxygens (including phenoxy) is 1. The summed E-state index contributed by atoms with van der Waals surface area (Å²) in [5, 5.41) is 9.13. The predicted molar refractivity (Wildman–Crippen MR) is 63.8 cm³/mol. The van der Waals surface area contributed by atoms with E-state index in [2.05, 4.69) is 0 Å². The monoisotopic (exact) mass is 289 g/mol. The van der Waals surface area contributed by atoms with Gasteiger partial charge in [0.1, 0.15) is 0 Å². The maximum absolute atomic E-state index is 12.9. The molecule has 1 aliphatic rings. The topological polar surface area (TPSA) is 49.8 Å². The van der Waals surface area contributed by atoms with E-state index in [1.165, 1.54) is 25.1 Å². The van der Waals surface area contributed by atoms with E-state index in [0.29, 0.717) is 0 Å². The largest absolute Gasteiger partial charge is 0.439 e. The Kier molecular flexibility index (Phi) is 3.64. The molecule has 20 heavy (non-hydrogen) atoms. The van der Waals surface area contributed by atoms with Gasteiger partial charge in [-0.05, 0) is 18.6 Å². The van der Waals surface area contributed by atoms with Crippen LogP contribution in [0.5, 0.6) is 0 Å². The minimum Gasteiger partial charge on any atom is -0.439 e. The highest BCUT2D eigenvalue weighted by atomic mass is 19.4. The van der Waals surface area contributed by atoms with E-state index >= 15 is 0 Å². The Morgan fingerprint density at radius 1 is 1.40 bits per heavy atom. The molecule has 0 spiro atoms. The summed E-state index contributed by atoms with van der Waals surface area (Å²) in [6, 6.07) is 5.08. The van der Waals surface area contributed by atoms with Crippen molar-refractivity contribution in [1.29, 1.82) is 0 Å². The van der Waals surface area contributed by atoms with Gasteiger partial charge in [-0.1, -0.05) is 18.2 Å². The quantitative estimate of drug-likeness (QED) is 0.929. The van der Waals surface area contributed by atoms with Crippen molar-refractivity contribution < 1.29 is 27.8 Å². The van der Waals surface area contributed by atoms with Crippen LogP contribution in [0.4, 0.5) is 18.0 Å². The number of nitrogens with zero attached hydrogens (tertiary/aromatic N) is 1. The fourth-order valence-corrected chi connectivity index (χ4v) is 2.12. The number of hydrogen-bond donors (Lipinski definition) is 1. The van der Waals surface area contributed by atoms with Crippen LogP contribution in [0.1, 0.15) is 18.1 Å². The van der Waals surface area contributed by atoms with Crippen LogP contribution in [0, 0.1) is 0 Å². The lowest BCUT2D eigenvalue weighted by Gasteiger charge is -2.19. The molecule has 110 valence electrons. The van der Waals surface area contributed by atoms with Gasteiger partial charge in [0, 0.05) is 6.54 Å². The van der Waals surface area contributed by atoms with Gasteiger partial charge in [-0.3, -0.25) is 4.90 Å². The fourth-order valence-electron chi connectivity index (χ4n) is 2.12. The van der Waals surface area contributed by atoms with Crippen molar-refractivity contribution in [2.24, 2.45) is 0 Å². The molecule has 0 aliphatic carbocycles. The lowest BCUT2D eigenvalue weighted by atomic mass is 10.1. The molecule has 0 aromatic heterocycles. The molecule has 1 aliphatic heterocycles. The van der Waals surface area contributed by atoms with Crippen molar-refractivity contribution in [3.63, 3.8) is 0 Å². The number of aliphatic hydroxyl groups is 1. The Hall–Kier alpha value is -1.76. The summed E-state index contributed by atoms with van der Waals surface area (Å²) in [6.07, 6.45) is -5.20. The highest BCUT2D eigenvalue weighted by Crippen LogP contribution is 2.33. The maximum atomic E-state index is 12.9. The highest BCUT2D eigenvalue weighted by Gasteiger charge is 2.42. The SMILES string of the molecule is CC1(CO)CN(Cc2ccccc2C(F)(F)F)C(=O)O1. The zero-order valence-electron chi connectivity index (χ0n) is 10.8. The van der Waals surface area contributed by atoms with Gasteiger partial charge in [-0.2, -0.15) is 13.2 Å². The molecule has 2 rings (SSSR count). The van der Waals surface area contributed by atoms with Crippen molar-refractivity contribution in [3.05, 3.63) is 35.4 Å². The van der Waals surface area contributed by atoms with Crippen LogP contribution < -0.4 is 0 Å². The van der Waals surface area contributed by atoms with Gasteiger partial charge in [-0.15, -0.1) is 0 Å². The van der Waals surface area contributed by atoms with Gasteiger partial charge in [0.25, 0.3) is 0 Å². The number of hydrogen-bond acceptors (Lipinski definition) is 3. The molecule has 1 heterocycles. The number of carbonyl (C=O) groups excluding carboxylic acids is 1. The van der Waals surface area contributed by atoms with Crippen LogP contribution in [0.15, 0.2) is 24.3 Å². The molecule has 0 radical (unpaired) electrons. The number of aliphatic hydroxyl groups excluding tert-OH is 1. The lowest BCUT2D eigenvalue weighted by molar-refractivity contribution is -0.138. The van der Waals surface area contributed by atoms with E-state index in [0.717, 1.165) is 11.0 Å². The van der Waals surface area contributed by atoms with Crippen molar-refractivity contribution in [1.82, 2.24) is 4.90 Å². The summed E-state index contributed by atoms with van der Waals surface area (Å²) < 4.78 is 43.6. The normalized spacial score (nSPS) is 23.1. The zero-order chi connectivity index (χ0) is 15.0. The van der Waals surface area contributed by atoms with Crippen LogP contribution in [0.3, 0.4) is 0 Å². The summed E-state index contributed by atoms with van der Waals surface area (Å²) in [5.41, 5.74) is -1.84. The Balaban J connectivity index is 2.22. The predicted octanol–water partition coefficient (Wildman–Crippen LogP) is 2.41. The van der Waals surface area contributed by atoms with E-state index in [1.54, 1.807) is 0 Å². The number of halogens is 3. The Bertz CT molecular complexity index is 518. The molecule has 4 nitrogen and oxygen atoms in total. The molecule has 1 N–H and O–H groups in total. The van der Waals surface area contributed by atoms with Crippen molar-refractivity contribution >= 4 is 6.09 Å². The molecule has 1 amide bonds. The van der Waals surface area contributed by atoms with Gasteiger partial charge >= 0.3 is 12.3 Å². The van der Waals surface area contributed by atoms with E-state index in [1.807, 2.05) is 0 Å². The molecule has 0 saturated carbocycles. The van der Waals surface area contributed by atoms with Crippen LogP contribution in [0.25, 0.3) is 0 Å². The third kappa shape index (κ3) is 2.87. The first-order valence-electron chi connectivity index (χ1n) is 5.99. The zero-order valence-corrected chi connectivity index (χ0v) is 10.8. The second kappa shape index (κ2) is 4.97. The fraction of sp³-hybridized carbons (Fsp3) is 0.462. The summed E-state index contributed by atoms with van der Waals surface area (Å²) in [6.45, 7) is 0.995. The van der Waals surface area contributed by atoms with E-state index < -0.39 is 23.4 Å². The van der Waals surface area contributed by atoms with Crippen LogP contribution in [-0.2, 0) is 17.5 Å². The lowest BCUT2D eigenvalue weighted by Crippen LogP contribution is -2.34. The summed E-state index contributed by atoms with van der Waals surface area (Å²) in [5.74, 6) is 0. The number of benzene rings is 1. The van der Waals surface area contributed by atoms with Crippen molar-refractivity contribution in [2.45, 2.75) is 25.2 Å². The molecular formula is C13H14F3NO3. The highest BCUT2D eigenvalue weighted by molar-refractivity contribution is 5.70. The average molecular weight is 289 g/mol. The maximum Gasteiger partial charge on any atom is 0.416 e. The van der Waals surface area contributed by atoms with E-state index in [9.17, 15) is 18.0 Å². The minimum atomic E-state index is -4.47. The molecule has 1 fully saturated rings. The first-order chi connectivity index (χ1) is 9.25. The number of rotatable bonds is 3. The molecule has 1 unspecified atom stereocenters. The molecular weight excluding hydrogens is 275 g/mol. The number of amides is 1. The smallest absolute Gasteiger partial charge is 0.416 e. The number of carbonyl (C=O) groups is 1. The second-order valence-electron chi connectivity index (χ2n) is 4.99. The summed E-state index contributed by atoms with van der Waals surface area (Å²) in [4.78, 5) is 12.8. The minimum absolute atomic E-state index is 0.000796. The Morgan fingerprint density at radius 3 is 2.60 bits per heavy atom. The Labute approximate surface area is 113 Å². The van der Waals surface area contributed by atoms with E-state index in [-0.39, 0.29) is 25.3 Å².